The normalized spacial score (nSPS) is 12.2. The smallest absolute Gasteiger partial charge is 0.240 e. The van der Waals surface area contributed by atoms with Gasteiger partial charge in [-0.3, -0.25) is 0 Å². The van der Waals surface area contributed by atoms with Gasteiger partial charge in [-0.15, -0.1) is 0 Å². The molecule has 24 heavy (non-hydrogen) atoms. The molecule has 3 rings (SSSR count). The molecule has 1 aromatic heterocycles. The maximum atomic E-state index is 12.4. The Bertz CT molecular complexity index is 975. The van der Waals surface area contributed by atoms with E-state index in [2.05, 4.69) is 28.1 Å². The molecule has 0 saturated carbocycles. The lowest BCUT2D eigenvalue weighted by Gasteiger charge is -2.09. The molecule has 0 aliphatic rings. The lowest BCUT2D eigenvalue weighted by molar-refractivity contribution is 0.581. The van der Waals surface area contributed by atoms with Gasteiger partial charge >= 0.3 is 0 Å². The summed E-state index contributed by atoms with van der Waals surface area (Å²) in [7, 11) is -3.52. The maximum absolute atomic E-state index is 12.4. The van der Waals surface area contributed by atoms with Crippen LogP contribution in [0.3, 0.4) is 0 Å². The maximum Gasteiger partial charge on any atom is 0.240 e. The summed E-state index contributed by atoms with van der Waals surface area (Å²) in [5.74, 6) is 0. The van der Waals surface area contributed by atoms with Crippen LogP contribution in [0.4, 0.5) is 0 Å². The number of aryl methyl sites for hydroxylation is 1. The molecule has 3 aromatic rings. The summed E-state index contributed by atoms with van der Waals surface area (Å²) >= 11 is 0. The molecule has 0 saturated heterocycles. The second-order valence-corrected chi connectivity index (χ2v) is 7.98. The van der Waals surface area contributed by atoms with Crippen molar-refractivity contribution in [3.05, 3.63) is 59.9 Å². The van der Waals surface area contributed by atoms with Crippen molar-refractivity contribution >= 4 is 21.1 Å². The topological polar surface area (TPSA) is 64.0 Å². The molecule has 6 heteroatoms. The number of hydrogen-bond donors (Lipinski definition) is 1. The van der Waals surface area contributed by atoms with E-state index < -0.39 is 10.0 Å². The third kappa shape index (κ3) is 3.34. The van der Waals surface area contributed by atoms with Gasteiger partial charge in [-0.05, 0) is 56.2 Å². The monoisotopic (exact) mass is 343 g/mol. The molecule has 1 heterocycles. The number of nitrogens with one attached hydrogen (secondary N) is 1. The van der Waals surface area contributed by atoms with Crippen LogP contribution < -0.4 is 4.72 Å². The van der Waals surface area contributed by atoms with Gasteiger partial charge in [-0.25, -0.2) is 18.1 Å². The van der Waals surface area contributed by atoms with Gasteiger partial charge in [-0.1, -0.05) is 18.2 Å². The van der Waals surface area contributed by atoms with E-state index in [1.807, 2.05) is 37.5 Å². The first kappa shape index (κ1) is 16.7. The van der Waals surface area contributed by atoms with Gasteiger partial charge in [0.15, 0.2) is 0 Å². The fourth-order valence-electron chi connectivity index (χ4n) is 2.64. The van der Waals surface area contributed by atoms with Crippen molar-refractivity contribution in [3.63, 3.8) is 0 Å². The Morgan fingerprint density at radius 3 is 2.67 bits per heavy atom. The molecule has 5 nitrogen and oxygen atoms in total. The van der Waals surface area contributed by atoms with Gasteiger partial charge in [0.2, 0.25) is 10.0 Å². The molecular weight excluding hydrogens is 322 g/mol. The van der Waals surface area contributed by atoms with E-state index in [0.29, 0.717) is 6.04 Å². The number of sulfonamides is 1. The summed E-state index contributed by atoms with van der Waals surface area (Å²) in [4.78, 5) is 4.69. The van der Waals surface area contributed by atoms with Crippen LogP contribution in [-0.2, 0) is 16.6 Å². The second-order valence-electron chi connectivity index (χ2n) is 6.21. The first-order valence-corrected chi connectivity index (χ1v) is 9.37. The fourth-order valence-corrected chi connectivity index (χ4v) is 3.77. The van der Waals surface area contributed by atoms with Crippen LogP contribution in [0, 0.1) is 6.92 Å². The quantitative estimate of drug-likeness (QED) is 0.772. The van der Waals surface area contributed by atoms with E-state index in [0.717, 1.165) is 22.2 Å². The highest BCUT2D eigenvalue weighted by Gasteiger charge is 2.14. The number of rotatable bonds is 5. The van der Waals surface area contributed by atoms with Crippen molar-refractivity contribution < 1.29 is 8.42 Å². The minimum atomic E-state index is -3.52. The highest BCUT2D eigenvalue weighted by Crippen LogP contribution is 2.19. The van der Waals surface area contributed by atoms with Gasteiger partial charge in [-0.2, -0.15) is 0 Å². The zero-order valence-corrected chi connectivity index (χ0v) is 14.8. The number of benzene rings is 2. The summed E-state index contributed by atoms with van der Waals surface area (Å²) in [6.07, 6.45) is 1.82. The molecule has 0 bridgehead atoms. The fraction of sp³-hybridized carbons (Fsp3) is 0.278. The SMILES string of the molecule is Cc1cccc(S(=O)(=O)NCc2ccc3c(c2)ncn3C(C)C)c1. The number of imidazole rings is 1. The van der Waals surface area contributed by atoms with Crippen molar-refractivity contribution in [3.8, 4) is 0 Å². The van der Waals surface area contributed by atoms with Crippen LogP contribution in [0.25, 0.3) is 11.0 Å². The summed E-state index contributed by atoms with van der Waals surface area (Å²) in [5.41, 5.74) is 3.72. The zero-order valence-electron chi connectivity index (χ0n) is 14.0. The van der Waals surface area contributed by atoms with Crippen molar-refractivity contribution in [2.45, 2.75) is 38.3 Å². The van der Waals surface area contributed by atoms with Crippen LogP contribution in [0.15, 0.2) is 53.7 Å². The van der Waals surface area contributed by atoms with Gasteiger partial charge in [0.05, 0.1) is 22.3 Å². The minimum absolute atomic E-state index is 0.237. The van der Waals surface area contributed by atoms with Crippen LogP contribution in [-0.4, -0.2) is 18.0 Å². The van der Waals surface area contributed by atoms with E-state index in [-0.39, 0.29) is 11.4 Å². The Labute approximate surface area is 142 Å². The van der Waals surface area contributed by atoms with Crippen LogP contribution in [0.2, 0.25) is 0 Å². The Kier molecular flexibility index (Phi) is 4.43. The molecule has 1 N–H and O–H groups in total. The summed E-state index contributed by atoms with van der Waals surface area (Å²) in [5, 5.41) is 0. The molecule has 2 aromatic carbocycles. The Balaban J connectivity index is 1.80. The van der Waals surface area contributed by atoms with E-state index in [9.17, 15) is 8.42 Å². The third-order valence-corrected chi connectivity index (χ3v) is 5.36. The minimum Gasteiger partial charge on any atom is -0.328 e. The van der Waals surface area contributed by atoms with Crippen molar-refractivity contribution in [2.24, 2.45) is 0 Å². The first-order valence-electron chi connectivity index (χ1n) is 7.88. The molecule has 0 radical (unpaired) electrons. The average molecular weight is 343 g/mol. The molecule has 0 aliphatic carbocycles. The molecule has 0 fully saturated rings. The van der Waals surface area contributed by atoms with E-state index >= 15 is 0 Å². The van der Waals surface area contributed by atoms with Crippen LogP contribution in [0.1, 0.15) is 31.0 Å². The molecule has 0 unspecified atom stereocenters. The first-order chi connectivity index (χ1) is 11.4. The summed E-state index contributed by atoms with van der Waals surface area (Å²) in [6.45, 7) is 6.31. The zero-order chi connectivity index (χ0) is 17.3. The summed E-state index contributed by atoms with van der Waals surface area (Å²) in [6, 6.07) is 13.1. The Morgan fingerprint density at radius 1 is 1.17 bits per heavy atom. The van der Waals surface area contributed by atoms with Crippen molar-refractivity contribution in [1.82, 2.24) is 14.3 Å². The number of fused-ring (bicyclic) bond motifs is 1. The number of hydrogen-bond acceptors (Lipinski definition) is 3. The second kappa shape index (κ2) is 6.37. The lowest BCUT2D eigenvalue weighted by atomic mass is 10.2. The van der Waals surface area contributed by atoms with Gasteiger partial charge in [0, 0.05) is 12.6 Å². The van der Waals surface area contributed by atoms with Crippen molar-refractivity contribution in [1.29, 1.82) is 0 Å². The highest BCUT2D eigenvalue weighted by atomic mass is 32.2. The van der Waals surface area contributed by atoms with E-state index in [1.54, 1.807) is 18.2 Å². The average Bonchev–Trinajstić information content (AvgIpc) is 2.96. The molecule has 126 valence electrons. The van der Waals surface area contributed by atoms with Crippen LogP contribution in [0.5, 0.6) is 0 Å². The largest absolute Gasteiger partial charge is 0.328 e. The Morgan fingerprint density at radius 2 is 1.96 bits per heavy atom. The summed E-state index contributed by atoms with van der Waals surface area (Å²) < 4.78 is 29.5. The third-order valence-electron chi connectivity index (χ3n) is 3.96. The Hall–Kier alpha value is -2.18. The molecule has 0 atom stereocenters. The molecule has 0 spiro atoms. The molecule has 0 aliphatic heterocycles. The number of aromatic nitrogens is 2. The number of nitrogens with zero attached hydrogens (tertiary/aromatic N) is 2. The molecule has 0 amide bonds. The predicted octanol–water partition coefficient (Wildman–Crippen LogP) is 3.40. The lowest BCUT2D eigenvalue weighted by Crippen LogP contribution is -2.23. The van der Waals surface area contributed by atoms with Gasteiger partial charge < -0.3 is 4.57 Å². The van der Waals surface area contributed by atoms with Gasteiger partial charge in [0.25, 0.3) is 0 Å². The highest BCUT2D eigenvalue weighted by molar-refractivity contribution is 7.89. The van der Waals surface area contributed by atoms with E-state index in [4.69, 9.17) is 0 Å². The van der Waals surface area contributed by atoms with E-state index in [1.165, 1.54) is 0 Å². The predicted molar refractivity (Wildman–Crippen MR) is 95.3 cm³/mol. The molecular formula is C18H21N3O2S. The van der Waals surface area contributed by atoms with Gasteiger partial charge in [0.1, 0.15) is 0 Å². The van der Waals surface area contributed by atoms with Crippen molar-refractivity contribution in [2.75, 3.05) is 0 Å². The standard InChI is InChI=1S/C18H21N3O2S/c1-13(2)21-12-19-17-10-15(7-8-18(17)21)11-20-24(22,23)16-6-4-5-14(3)9-16/h4-10,12-13,20H,11H2,1-3H3. The van der Waals surface area contributed by atoms with Crippen LogP contribution >= 0.6 is 0 Å².